The molecular weight excluding hydrogens is 1010 g/mol. The third-order valence-corrected chi connectivity index (χ3v) is 21.2. The van der Waals surface area contributed by atoms with Crippen LogP contribution in [-0.4, -0.2) is 17.2 Å². The van der Waals surface area contributed by atoms with Crippen LogP contribution in [0.2, 0.25) is 0 Å². The highest BCUT2D eigenvalue weighted by molar-refractivity contribution is 7.20. The Hall–Kier alpha value is -10.5. The molecule has 0 fully saturated rings. The van der Waals surface area contributed by atoms with Crippen LogP contribution < -0.4 is 20.7 Å². The molecule has 3 aromatic heterocycles. The molecule has 3 heterocycles. The van der Waals surface area contributed by atoms with Crippen LogP contribution in [0.15, 0.2) is 320 Å². The standard InChI is InChI=1S/C78H52N2OSi/c1-6-25-53(26-7-1)68-51-60(82(57-29-10-3-11-30-57,58-31-12-4-13-32-58)59-33-14-5-15-34-59)52-69(54-27-8-2-9-28-54)78(68)80-73-43-22-19-38-64(73)70-50-56(46-47-74(70)80)79-72-42-21-18-37-63(72)67-41-24-40-66(77(67)79)62-36-17-16-35-61(62)55-45-48-76-71(49-55)65-39-20-23-44-75(65)81-76/h1-52H/i1D,2D,6D,7D,8D,9D,25D,26D,27D,28D. The van der Waals surface area contributed by atoms with Crippen molar-refractivity contribution in [3.63, 3.8) is 0 Å². The molecule has 0 saturated heterocycles. The molecule has 0 aliphatic heterocycles. The van der Waals surface area contributed by atoms with Crippen molar-refractivity contribution >= 4 is 94.4 Å². The second kappa shape index (κ2) is 19.4. The number of para-hydroxylation sites is 4. The Bertz CT molecular complexity index is 5480. The molecule has 0 unspecified atom stereocenters. The Morgan fingerprint density at radius 2 is 0.780 bits per heavy atom. The predicted molar refractivity (Wildman–Crippen MR) is 348 cm³/mol. The van der Waals surface area contributed by atoms with E-state index in [-0.39, 0.29) is 27.9 Å². The first-order valence-corrected chi connectivity index (χ1v) is 29.4. The summed E-state index contributed by atoms with van der Waals surface area (Å²) < 4.78 is 105. The van der Waals surface area contributed by atoms with Gasteiger partial charge in [0.2, 0.25) is 0 Å². The number of furan rings is 1. The van der Waals surface area contributed by atoms with Crippen molar-refractivity contribution in [2.75, 3.05) is 0 Å². The van der Waals surface area contributed by atoms with Gasteiger partial charge in [-0.25, -0.2) is 0 Å². The maximum absolute atomic E-state index is 9.90. The SMILES string of the molecule is [2H]c1c([2H])c([2H])c(-c2cc([Si](c3ccccc3)(c3ccccc3)c3ccccc3)cc(-c3c([2H])c([2H])c([2H])c([2H])c3[2H])c2-n2c3ccccc3c3cc(-n4c5ccccc5c5cccc(-c6ccccc6-c6ccc7oc8ccccc8c7c6)c54)ccc32)c([2H])c1[2H]. The number of hydrogen-bond acceptors (Lipinski definition) is 1. The number of fused-ring (bicyclic) bond motifs is 9. The molecule has 0 radical (unpaired) electrons. The summed E-state index contributed by atoms with van der Waals surface area (Å²) in [5.41, 5.74) is 10.4. The van der Waals surface area contributed by atoms with Gasteiger partial charge in [-0.15, -0.1) is 0 Å². The molecular formula is C78H52N2OSi. The maximum Gasteiger partial charge on any atom is 0.179 e. The molecule has 0 aliphatic carbocycles. The first kappa shape index (κ1) is 38.1. The fourth-order valence-corrected chi connectivity index (χ4v) is 17.8. The van der Waals surface area contributed by atoms with E-state index >= 15 is 0 Å². The molecule has 0 saturated carbocycles. The highest BCUT2D eigenvalue weighted by Gasteiger charge is 2.42. The minimum absolute atomic E-state index is 0.114. The van der Waals surface area contributed by atoms with Crippen molar-refractivity contribution in [1.29, 1.82) is 0 Å². The van der Waals surface area contributed by atoms with Gasteiger partial charge in [0.05, 0.1) is 41.5 Å². The predicted octanol–water partition coefficient (Wildman–Crippen LogP) is 17.8. The fraction of sp³-hybridized carbons (Fsp3) is 0. The summed E-state index contributed by atoms with van der Waals surface area (Å²) in [6.45, 7) is 0. The van der Waals surface area contributed by atoms with E-state index in [9.17, 15) is 11.0 Å². The van der Waals surface area contributed by atoms with Crippen molar-refractivity contribution in [1.82, 2.24) is 9.13 Å². The summed E-state index contributed by atoms with van der Waals surface area (Å²) in [5, 5.41) is 9.34. The van der Waals surface area contributed by atoms with Crippen LogP contribution in [-0.2, 0) is 0 Å². The summed E-state index contributed by atoms with van der Waals surface area (Å²) in [7, 11) is -3.67. The average molecular weight is 1070 g/mol. The molecule has 0 bridgehead atoms. The van der Waals surface area contributed by atoms with Gasteiger partial charge in [-0.1, -0.05) is 267 Å². The Labute approximate surface area is 490 Å². The van der Waals surface area contributed by atoms with E-state index in [1.165, 1.54) is 0 Å². The van der Waals surface area contributed by atoms with E-state index in [2.05, 4.69) is 144 Å². The van der Waals surface area contributed by atoms with Gasteiger partial charge in [0, 0.05) is 54.7 Å². The molecule has 384 valence electrons. The highest BCUT2D eigenvalue weighted by atomic mass is 28.3. The number of hydrogen-bond donors (Lipinski definition) is 0. The van der Waals surface area contributed by atoms with E-state index < -0.39 is 68.5 Å². The second-order valence-corrected chi connectivity index (χ2v) is 24.5. The van der Waals surface area contributed by atoms with Gasteiger partial charge in [0.1, 0.15) is 11.2 Å². The van der Waals surface area contributed by atoms with Crippen molar-refractivity contribution in [2.45, 2.75) is 0 Å². The van der Waals surface area contributed by atoms with Gasteiger partial charge in [0.15, 0.2) is 8.07 Å². The lowest BCUT2D eigenvalue weighted by Crippen LogP contribution is -2.74. The second-order valence-electron chi connectivity index (χ2n) is 20.7. The van der Waals surface area contributed by atoms with E-state index in [1.807, 2.05) is 120 Å². The third-order valence-electron chi connectivity index (χ3n) is 16.4. The van der Waals surface area contributed by atoms with E-state index in [1.54, 1.807) is 0 Å². The lowest BCUT2D eigenvalue weighted by Gasteiger charge is -2.36. The number of rotatable bonds is 10. The van der Waals surface area contributed by atoms with Crippen LogP contribution in [0.5, 0.6) is 0 Å². The van der Waals surface area contributed by atoms with Crippen molar-refractivity contribution in [3.05, 3.63) is 315 Å². The molecule has 82 heavy (non-hydrogen) atoms. The summed E-state index contributed by atoms with van der Waals surface area (Å²) in [6, 6.07) is 81.0. The van der Waals surface area contributed by atoms with Gasteiger partial charge in [-0.05, 0) is 97.1 Å². The zero-order valence-corrected chi connectivity index (χ0v) is 45.1. The Morgan fingerprint density at radius 1 is 0.293 bits per heavy atom. The summed E-state index contributed by atoms with van der Waals surface area (Å²) >= 11 is 0. The minimum atomic E-state index is -3.67. The van der Waals surface area contributed by atoms with E-state index in [0.29, 0.717) is 16.2 Å². The first-order chi connectivity index (χ1) is 44.8. The number of benzene rings is 13. The normalized spacial score (nSPS) is 13.6. The first-order valence-electron chi connectivity index (χ1n) is 32.4. The molecule has 0 atom stereocenters. The lowest BCUT2D eigenvalue weighted by atomic mass is 9.92. The molecule has 16 aromatic rings. The third kappa shape index (κ3) is 7.42. The molecule has 16 rings (SSSR count). The van der Waals surface area contributed by atoms with Gasteiger partial charge in [-0.2, -0.15) is 0 Å². The molecule has 0 aliphatic rings. The van der Waals surface area contributed by atoms with Gasteiger partial charge in [0.25, 0.3) is 0 Å². The molecule has 0 spiro atoms. The maximum atomic E-state index is 9.90. The van der Waals surface area contributed by atoms with Crippen molar-refractivity contribution in [3.8, 4) is 55.9 Å². The highest BCUT2D eigenvalue weighted by Crippen LogP contribution is 2.45. The van der Waals surface area contributed by atoms with Crippen LogP contribution in [0.3, 0.4) is 0 Å². The number of nitrogens with zero attached hydrogens (tertiary/aromatic N) is 2. The van der Waals surface area contributed by atoms with Crippen LogP contribution in [0, 0.1) is 0 Å². The van der Waals surface area contributed by atoms with Gasteiger partial charge >= 0.3 is 0 Å². The van der Waals surface area contributed by atoms with Crippen LogP contribution in [0.4, 0.5) is 0 Å². The van der Waals surface area contributed by atoms with Crippen LogP contribution in [0.25, 0.3) is 121 Å². The van der Waals surface area contributed by atoms with Crippen molar-refractivity contribution in [2.24, 2.45) is 0 Å². The Balaban J connectivity index is 1.03. The van der Waals surface area contributed by atoms with Crippen molar-refractivity contribution < 1.29 is 18.1 Å². The molecule has 3 nitrogen and oxygen atoms in total. The zero-order valence-electron chi connectivity index (χ0n) is 54.1. The van der Waals surface area contributed by atoms with E-state index in [4.69, 9.17) is 7.16 Å². The van der Waals surface area contributed by atoms with Gasteiger partial charge < -0.3 is 13.6 Å². The number of aromatic nitrogens is 2. The zero-order chi connectivity index (χ0) is 62.8. The molecule has 0 amide bonds. The molecule has 4 heteroatoms. The lowest BCUT2D eigenvalue weighted by molar-refractivity contribution is 0.669. The van der Waals surface area contributed by atoms with E-state index in [0.717, 1.165) is 98.0 Å². The molecule has 13 aromatic carbocycles. The van der Waals surface area contributed by atoms with Crippen LogP contribution in [0.1, 0.15) is 13.7 Å². The van der Waals surface area contributed by atoms with Gasteiger partial charge in [-0.3, -0.25) is 0 Å². The average Bonchev–Trinajstić information content (AvgIpc) is 1.30. The molecule has 0 N–H and O–H groups in total. The quantitative estimate of drug-likeness (QED) is 0.0989. The van der Waals surface area contributed by atoms with Crippen LogP contribution >= 0.6 is 0 Å². The topological polar surface area (TPSA) is 23.0 Å². The Kier molecular flexibility index (Phi) is 9.02. The summed E-state index contributed by atoms with van der Waals surface area (Å²) in [5.74, 6) is 0. The summed E-state index contributed by atoms with van der Waals surface area (Å²) in [4.78, 5) is 0. The largest absolute Gasteiger partial charge is 0.456 e. The monoisotopic (exact) mass is 1070 g/mol. The summed E-state index contributed by atoms with van der Waals surface area (Å²) in [6.07, 6.45) is 0. The Morgan fingerprint density at radius 3 is 1.41 bits per heavy atom. The fourth-order valence-electron chi connectivity index (χ4n) is 13.0. The smallest absolute Gasteiger partial charge is 0.179 e. The minimum Gasteiger partial charge on any atom is -0.456 e.